The normalized spacial score (nSPS) is 11.1. The van der Waals surface area contributed by atoms with E-state index in [1.54, 1.807) is 19.1 Å². The predicted octanol–water partition coefficient (Wildman–Crippen LogP) is 4.20. The molecule has 0 radical (unpaired) electrons. The van der Waals surface area contributed by atoms with Gasteiger partial charge >= 0.3 is 0 Å². The van der Waals surface area contributed by atoms with E-state index in [2.05, 4.69) is 4.72 Å². The molecule has 23 heavy (non-hydrogen) atoms. The summed E-state index contributed by atoms with van der Waals surface area (Å²) in [5.74, 6) is 0.659. The van der Waals surface area contributed by atoms with Crippen LogP contribution in [0.2, 0.25) is 10.0 Å². The standard InChI is InChI=1S/C15H15Cl2NO4S/c1-3-22-15-9-11(5-6-12(15)17)23(19,20)18-13-8-10(16)4-7-14(13)21-2/h4-9,18H,3H2,1-2H3. The van der Waals surface area contributed by atoms with Gasteiger partial charge in [-0.3, -0.25) is 4.72 Å². The summed E-state index contributed by atoms with van der Waals surface area (Å²) in [6.07, 6.45) is 0. The van der Waals surface area contributed by atoms with E-state index in [-0.39, 0.29) is 10.6 Å². The van der Waals surface area contributed by atoms with Gasteiger partial charge < -0.3 is 9.47 Å². The number of benzene rings is 2. The largest absolute Gasteiger partial charge is 0.495 e. The second-order valence-electron chi connectivity index (χ2n) is 4.48. The van der Waals surface area contributed by atoms with Crippen molar-refractivity contribution >= 4 is 38.9 Å². The van der Waals surface area contributed by atoms with Gasteiger partial charge in [0.1, 0.15) is 11.5 Å². The number of ether oxygens (including phenoxy) is 2. The SMILES string of the molecule is CCOc1cc(S(=O)(=O)Nc2cc(Cl)ccc2OC)ccc1Cl. The number of sulfonamides is 1. The third-order valence-electron chi connectivity index (χ3n) is 2.92. The summed E-state index contributed by atoms with van der Waals surface area (Å²) in [5.41, 5.74) is 0.243. The van der Waals surface area contributed by atoms with Crippen molar-refractivity contribution in [1.29, 1.82) is 0 Å². The van der Waals surface area contributed by atoms with E-state index in [1.165, 1.54) is 31.4 Å². The third-order valence-corrected chi connectivity index (χ3v) is 4.83. The zero-order valence-electron chi connectivity index (χ0n) is 12.5. The molecule has 0 heterocycles. The highest BCUT2D eigenvalue weighted by Crippen LogP contribution is 2.32. The van der Waals surface area contributed by atoms with Crippen molar-refractivity contribution < 1.29 is 17.9 Å². The minimum absolute atomic E-state index is 0.0207. The Morgan fingerprint density at radius 1 is 1.09 bits per heavy atom. The number of hydrogen-bond acceptors (Lipinski definition) is 4. The van der Waals surface area contributed by atoms with E-state index in [4.69, 9.17) is 32.7 Å². The van der Waals surface area contributed by atoms with Gasteiger partial charge in [-0.15, -0.1) is 0 Å². The Morgan fingerprint density at radius 2 is 1.83 bits per heavy atom. The number of nitrogens with one attached hydrogen (secondary N) is 1. The van der Waals surface area contributed by atoms with E-state index in [1.807, 2.05) is 0 Å². The van der Waals surface area contributed by atoms with Crippen LogP contribution in [0.1, 0.15) is 6.92 Å². The summed E-state index contributed by atoms with van der Waals surface area (Å²) >= 11 is 11.9. The van der Waals surface area contributed by atoms with Crippen molar-refractivity contribution in [2.75, 3.05) is 18.4 Å². The van der Waals surface area contributed by atoms with Gasteiger partial charge in [0.25, 0.3) is 10.0 Å². The predicted molar refractivity (Wildman–Crippen MR) is 91.4 cm³/mol. The molecule has 0 saturated carbocycles. The summed E-state index contributed by atoms with van der Waals surface area (Å²) in [6.45, 7) is 2.16. The molecule has 0 aliphatic carbocycles. The lowest BCUT2D eigenvalue weighted by atomic mass is 10.3. The lowest BCUT2D eigenvalue weighted by molar-refractivity contribution is 0.339. The van der Waals surface area contributed by atoms with Crippen molar-refractivity contribution in [1.82, 2.24) is 0 Å². The summed E-state index contributed by atoms with van der Waals surface area (Å²) in [7, 11) is -2.41. The van der Waals surface area contributed by atoms with E-state index in [0.29, 0.717) is 28.2 Å². The number of halogens is 2. The highest BCUT2D eigenvalue weighted by Gasteiger charge is 2.18. The number of hydrogen-bond donors (Lipinski definition) is 1. The second-order valence-corrected chi connectivity index (χ2v) is 7.00. The van der Waals surface area contributed by atoms with Crippen LogP contribution in [0, 0.1) is 0 Å². The molecule has 124 valence electrons. The first-order valence-corrected chi connectivity index (χ1v) is 8.90. The maximum atomic E-state index is 12.5. The Bertz CT molecular complexity index is 809. The highest BCUT2D eigenvalue weighted by molar-refractivity contribution is 7.92. The molecule has 5 nitrogen and oxygen atoms in total. The molecule has 2 aromatic rings. The van der Waals surface area contributed by atoms with Crippen molar-refractivity contribution in [3.63, 3.8) is 0 Å². The minimum atomic E-state index is -3.85. The Hall–Kier alpha value is -1.63. The first kappa shape index (κ1) is 17.7. The van der Waals surface area contributed by atoms with E-state index >= 15 is 0 Å². The van der Waals surface area contributed by atoms with Crippen LogP contribution in [0.15, 0.2) is 41.3 Å². The Kier molecular flexibility index (Phi) is 5.62. The summed E-state index contributed by atoms with van der Waals surface area (Å²) in [6, 6.07) is 8.88. The Labute approximate surface area is 145 Å². The van der Waals surface area contributed by atoms with Gasteiger partial charge in [0.05, 0.1) is 29.3 Å². The molecule has 0 atom stereocenters. The van der Waals surface area contributed by atoms with Gasteiger partial charge in [-0.1, -0.05) is 23.2 Å². The van der Waals surface area contributed by atoms with Gasteiger partial charge in [0.2, 0.25) is 0 Å². The molecule has 1 N–H and O–H groups in total. The first-order valence-electron chi connectivity index (χ1n) is 6.66. The molecule has 0 aromatic heterocycles. The molecule has 0 saturated heterocycles. The van der Waals surface area contributed by atoms with Gasteiger partial charge in [0.15, 0.2) is 0 Å². The van der Waals surface area contributed by atoms with Gasteiger partial charge in [-0.2, -0.15) is 0 Å². The summed E-state index contributed by atoms with van der Waals surface area (Å²) in [5, 5.41) is 0.723. The third kappa shape index (κ3) is 4.22. The fourth-order valence-electron chi connectivity index (χ4n) is 1.88. The fraction of sp³-hybridized carbons (Fsp3) is 0.200. The first-order chi connectivity index (χ1) is 10.9. The van der Waals surface area contributed by atoms with Crippen LogP contribution in [-0.4, -0.2) is 22.1 Å². The lowest BCUT2D eigenvalue weighted by Crippen LogP contribution is -2.14. The Balaban J connectivity index is 2.40. The molecular weight excluding hydrogens is 361 g/mol. The molecule has 0 aliphatic heterocycles. The topological polar surface area (TPSA) is 64.6 Å². The quantitative estimate of drug-likeness (QED) is 0.821. The Morgan fingerprint density at radius 3 is 2.48 bits per heavy atom. The van der Waals surface area contributed by atoms with Crippen molar-refractivity contribution in [3.05, 3.63) is 46.4 Å². The molecule has 2 rings (SSSR count). The monoisotopic (exact) mass is 375 g/mol. The van der Waals surface area contributed by atoms with Crippen molar-refractivity contribution in [3.8, 4) is 11.5 Å². The summed E-state index contributed by atoms with van der Waals surface area (Å²) < 4.78 is 38.0. The number of methoxy groups -OCH3 is 1. The van der Waals surface area contributed by atoms with Gasteiger partial charge in [-0.25, -0.2) is 8.42 Å². The van der Waals surface area contributed by atoms with Gasteiger partial charge in [0, 0.05) is 11.1 Å². The van der Waals surface area contributed by atoms with Crippen LogP contribution in [0.25, 0.3) is 0 Å². The average molecular weight is 376 g/mol. The second kappa shape index (κ2) is 7.29. The molecular formula is C15H15Cl2NO4S. The number of anilines is 1. The van der Waals surface area contributed by atoms with E-state index in [9.17, 15) is 8.42 Å². The van der Waals surface area contributed by atoms with Crippen LogP contribution in [-0.2, 0) is 10.0 Å². The van der Waals surface area contributed by atoms with Crippen LogP contribution in [0.4, 0.5) is 5.69 Å². The maximum absolute atomic E-state index is 12.5. The van der Waals surface area contributed by atoms with Crippen LogP contribution >= 0.6 is 23.2 Å². The van der Waals surface area contributed by atoms with Crippen molar-refractivity contribution in [2.45, 2.75) is 11.8 Å². The van der Waals surface area contributed by atoms with E-state index < -0.39 is 10.0 Å². The molecule has 0 aliphatic rings. The zero-order chi connectivity index (χ0) is 17.0. The average Bonchev–Trinajstić information content (AvgIpc) is 2.49. The summed E-state index contributed by atoms with van der Waals surface area (Å²) in [4.78, 5) is 0.0207. The molecule has 0 unspecified atom stereocenters. The highest BCUT2D eigenvalue weighted by atomic mass is 35.5. The molecule has 2 aromatic carbocycles. The van der Waals surface area contributed by atoms with Gasteiger partial charge in [-0.05, 0) is 37.3 Å². The lowest BCUT2D eigenvalue weighted by Gasteiger charge is -2.13. The van der Waals surface area contributed by atoms with E-state index in [0.717, 1.165) is 0 Å². The zero-order valence-corrected chi connectivity index (χ0v) is 14.8. The smallest absolute Gasteiger partial charge is 0.262 e. The molecule has 8 heteroatoms. The van der Waals surface area contributed by atoms with Crippen LogP contribution < -0.4 is 14.2 Å². The molecule has 0 spiro atoms. The van der Waals surface area contributed by atoms with Crippen LogP contribution in [0.5, 0.6) is 11.5 Å². The molecule has 0 amide bonds. The molecule has 0 fully saturated rings. The fourth-order valence-corrected chi connectivity index (χ4v) is 3.30. The molecule has 0 bridgehead atoms. The number of rotatable bonds is 6. The van der Waals surface area contributed by atoms with Crippen LogP contribution in [0.3, 0.4) is 0 Å². The maximum Gasteiger partial charge on any atom is 0.262 e. The van der Waals surface area contributed by atoms with Crippen molar-refractivity contribution in [2.24, 2.45) is 0 Å². The minimum Gasteiger partial charge on any atom is -0.495 e.